The minimum atomic E-state index is -0.489. The first-order valence-corrected chi connectivity index (χ1v) is 11.4. The number of H-pyrrole nitrogens is 2. The Morgan fingerprint density at radius 3 is 2.53 bits per heavy atom. The van der Waals surface area contributed by atoms with Gasteiger partial charge in [-0.1, -0.05) is 18.2 Å². The zero-order chi connectivity index (χ0) is 23.4. The van der Waals surface area contributed by atoms with Gasteiger partial charge in [0.1, 0.15) is 0 Å². The normalized spacial score (nSPS) is 14.9. The Labute approximate surface area is 196 Å². The molecule has 0 aliphatic carbocycles. The summed E-state index contributed by atoms with van der Waals surface area (Å²) in [7, 11) is 2.07. The Balaban J connectivity index is 1.55. The molecule has 1 fully saturated rings. The van der Waals surface area contributed by atoms with Crippen LogP contribution in [-0.4, -0.2) is 64.8 Å². The van der Waals surface area contributed by atoms with Crippen molar-refractivity contribution in [3.63, 3.8) is 0 Å². The van der Waals surface area contributed by atoms with E-state index in [2.05, 4.69) is 40.1 Å². The van der Waals surface area contributed by atoms with Crippen molar-refractivity contribution in [3.05, 3.63) is 71.9 Å². The number of hydrogen-bond acceptors (Lipinski definition) is 3. The number of aromatic amines is 2. The average Bonchev–Trinajstić information content (AvgIpc) is 3.47. The zero-order valence-corrected chi connectivity index (χ0v) is 18.9. The summed E-state index contributed by atoms with van der Waals surface area (Å²) < 4.78 is 0. The van der Waals surface area contributed by atoms with Crippen LogP contribution in [-0.2, 0) is 0 Å². The summed E-state index contributed by atoms with van der Waals surface area (Å²) in [6.45, 7) is 3.17. The molecule has 1 aliphatic rings. The number of piperazine rings is 1. The Kier molecular flexibility index (Phi) is 4.67. The minimum absolute atomic E-state index is 0.0322. The lowest BCUT2D eigenvalue weighted by atomic mass is 9.95. The number of hydrogen-bond donors (Lipinski definition) is 3. The molecule has 170 valence electrons. The van der Waals surface area contributed by atoms with Crippen LogP contribution < -0.4 is 5.73 Å². The molecule has 1 saturated heterocycles. The molecule has 7 heteroatoms. The van der Waals surface area contributed by atoms with Crippen LogP contribution in [0.3, 0.4) is 0 Å². The Bertz CT molecular complexity index is 1590. The molecule has 7 nitrogen and oxygen atoms in total. The Morgan fingerprint density at radius 1 is 0.912 bits per heavy atom. The van der Waals surface area contributed by atoms with E-state index in [0.717, 1.165) is 51.4 Å². The van der Waals surface area contributed by atoms with Crippen molar-refractivity contribution in [2.75, 3.05) is 33.2 Å². The third-order valence-electron chi connectivity index (χ3n) is 6.92. The van der Waals surface area contributed by atoms with Crippen LogP contribution in [0.15, 0.2) is 60.8 Å². The first-order chi connectivity index (χ1) is 16.5. The van der Waals surface area contributed by atoms with Gasteiger partial charge in [-0.2, -0.15) is 0 Å². The first-order valence-electron chi connectivity index (χ1n) is 11.4. The van der Waals surface area contributed by atoms with Crippen LogP contribution >= 0.6 is 0 Å². The molecule has 1 aliphatic heterocycles. The molecule has 0 atom stereocenters. The highest BCUT2D eigenvalue weighted by Gasteiger charge is 2.22. The highest BCUT2D eigenvalue weighted by molar-refractivity contribution is 6.20. The Hall–Kier alpha value is -4.10. The second-order valence-electron chi connectivity index (χ2n) is 9.04. The predicted octanol–water partition coefficient (Wildman–Crippen LogP) is 3.96. The third-order valence-corrected chi connectivity index (χ3v) is 6.92. The maximum absolute atomic E-state index is 13.3. The van der Waals surface area contributed by atoms with E-state index in [0.29, 0.717) is 29.7 Å². The van der Waals surface area contributed by atoms with Gasteiger partial charge in [0.25, 0.3) is 11.8 Å². The van der Waals surface area contributed by atoms with E-state index in [1.165, 1.54) is 0 Å². The van der Waals surface area contributed by atoms with Crippen molar-refractivity contribution in [2.45, 2.75) is 0 Å². The van der Waals surface area contributed by atoms with Crippen molar-refractivity contribution in [1.29, 1.82) is 0 Å². The van der Waals surface area contributed by atoms with Gasteiger partial charge in [-0.3, -0.25) is 9.59 Å². The fraction of sp³-hybridized carbons (Fsp3) is 0.185. The first kappa shape index (κ1) is 20.5. The number of nitrogens with zero attached hydrogens (tertiary/aromatic N) is 2. The largest absolute Gasteiger partial charge is 0.366 e. The van der Waals surface area contributed by atoms with Crippen molar-refractivity contribution in [2.24, 2.45) is 5.73 Å². The molecule has 2 aromatic heterocycles. The summed E-state index contributed by atoms with van der Waals surface area (Å²) in [4.78, 5) is 36.3. The number of benzene rings is 3. The second kappa shape index (κ2) is 7.74. The van der Waals surface area contributed by atoms with Gasteiger partial charge in [-0.15, -0.1) is 0 Å². The SMILES string of the molecule is CN1CCN(C(=O)c2ccc3[nH]c4c(C(N)=O)ccc(-c5ccc6cc[nH]c6c5)c4c3c2)CC1. The number of amides is 2. The van der Waals surface area contributed by atoms with Crippen molar-refractivity contribution >= 4 is 44.5 Å². The van der Waals surface area contributed by atoms with Crippen molar-refractivity contribution < 1.29 is 9.59 Å². The average molecular weight is 452 g/mol. The lowest BCUT2D eigenvalue weighted by Crippen LogP contribution is -2.47. The molecule has 0 radical (unpaired) electrons. The van der Waals surface area contributed by atoms with E-state index in [9.17, 15) is 9.59 Å². The maximum Gasteiger partial charge on any atom is 0.253 e. The number of primary amides is 1. The number of nitrogens with two attached hydrogens (primary N) is 1. The fourth-order valence-corrected chi connectivity index (χ4v) is 4.99. The van der Waals surface area contributed by atoms with E-state index in [-0.39, 0.29) is 5.91 Å². The van der Waals surface area contributed by atoms with Crippen molar-refractivity contribution in [1.82, 2.24) is 19.8 Å². The van der Waals surface area contributed by atoms with Crippen LogP contribution in [0, 0.1) is 0 Å². The van der Waals surface area contributed by atoms with Gasteiger partial charge in [-0.25, -0.2) is 0 Å². The van der Waals surface area contributed by atoms with Crippen molar-refractivity contribution in [3.8, 4) is 11.1 Å². The van der Waals surface area contributed by atoms with E-state index < -0.39 is 5.91 Å². The summed E-state index contributed by atoms with van der Waals surface area (Å²) >= 11 is 0. The van der Waals surface area contributed by atoms with Gasteiger partial charge in [-0.05, 0) is 60.0 Å². The van der Waals surface area contributed by atoms with Crippen LogP contribution in [0.25, 0.3) is 43.8 Å². The molecule has 3 aromatic carbocycles. The topological polar surface area (TPSA) is 98.2 Å². The fourth-order valence-electron chi connectivity index (χ4n) is 4.99. The van der Waals surface area contributed by atoms with E-state index in [1.807, 2.05) is 41.4 Å². The summed E-state index contributed by atoms with van der Waals surface area (Å²) in [6.07, 6.45) is 1.92. The third kappa shape index (κ3) is 3.24. The van der Waals surface area contributed by atoms with Gasteiger partial charge in [0, 0.05) is 59.7 Å². The van der Waals surface area contributed by atoms with E-state index >= 15 is 0 Å². The zero-order valence-electron chi connectivity index (χ0n) is 18.9. The summed E-state index contributed by atoms with van der Waals surface area (Å²) in [5.41, 5.74) is 11.4. The van der Waals surface area contributed by atoms with E-state index in [1.54, 1.807) is 6.07 Å². The molecule has 0 bridgehead atoms. The molecule has 0 spiro atoms. The number of likely N-dealkylation sites (N-methyl/N-ethyl adjacent to an activating group) is 1. The van der Waals surface area contributed by atoms with Gasteiger partial charge < -0.3 is 25.5 Å². The lowest BCUT2D eigenvalue weighted by molar-refractivity contribution is 0.0664. The second-order valence-corrected chi connectivity index (χ2v) is 9.04. The molecule has 5 aromatic rings. The van der Waals surface area contributed by atoms with Gasteiger partial charge in [0.05, 0.1) is 11.1 Å². The summed E-state index contributed by atoms with van der Waals surface area (Å²) in [5.74, 6) is -0.457. The molecular weight excluding hydrogens is 426 g/mol. The van der Waals surface area contributed by atoms with Crippen LogP contribution in [0.2, 0.25) is 0 Å². The monoisotopic (exact) mass is 451 g/mol. The molecule has 34 heavy (non-hydrogen) atoms. The number of nitrogens with one attached hydrogen (secondary N) is 2. The van der Waals surface area contributed by atoms with E-state index in [4.69, 9.17) is 5.73 Å². The van der Waals surface area contributed by atoms with Gasteiger partial charge >= 0.3 is 0 Å². The molecule has 4 N–H and O–H groups in total. The summed E-state index contributed by atoms with van der Waals surface area (Å²) in [5, 5.41) is 2.93. The standard InChI is InChI=1S/C27H25N5O2/c1-31-10-12-32(13-11-31)27(34)18-4-7-22-21(14-18)24-19(5-6-20(26(28)33)25(24)30-22)17-3-2-16-8-9-29-23(16)15-17/h2-9,14-15,29-30H,10-13H2,1H3,(H2,28,33). The molecule has 0 unspecified atom stereocenters. The number of aromatic nitrogens is 2. The number of carbonyl (C=O) groups is 2. The van der Waals surface area contributed by atoms with Gasteiger partial charge in [0.15, 0.2) is 0 Å². The highest BCUT2D eigenvalue weighted by atomic mass is 16.2. The predicted molar refractivity (Wildman–Crippen MR) is 135 cm³/mol. The molecule has 6 rings (SSSR count). The minimum Gasteiger partial charge on any atom is -0.366 e. The van der Waals surface area contributed by atoms with Crippen LogP contribution in [0.1, 0.15) is 20.7 Å². The quantitative estimate of drug-likeness (QED) is 0.387. The molecular formula is C27H25N5O2. The Morgan fingerprint density at radius 2 is 1.74 bits per heavy atom. The molecule has 0 saturated carbocycles. The molecule has 2 amide bonds. The van der Waals surface area contributed by atoms with Crippen LogP contribution in [0.4, 0.5) is 0 Å². The number of rotatable bonds is 3. The number of carbonyl (C=O) groups excluding carboxylic acids is 2. The highest BCUT2D eigenvalue weighted by Crippen LogP contribution is 2.37. The van der Waals surface area contributed by atoms with Gasteiger partial charge in [0.2, 0.25) is 0 Å². The van der Waals surface area contributed by atoms with Crippen LogP contribution in [0.5, 0.6) is 0 Å². The molecule has 3 heterocycles. The lowest BCUT2D eigenvalue weighted by Gasteiger charge is -2.32. The smallest absolute Gasteiger partial charge is 0.253 e. The summed E-state index contributed by atoms with van der Waals surface area (Å²) in [6, 6.07) is 17.7. The number of fused-ring (bicyclic) bond motifs is 4. The maximum atomic E-state index is 13.3.